The Labute approximate surface area is 167 Å². The lowest BCUT2D eigenvalue weighted by Crippen LogP contribution is -2.38. The van der Waals surface area contributed by atoms with Crippen LogP contribution in [0.25, 0.3) is 5.69 Å². The molecule has 26 heavy (non-hydrogen) atoms. The van der Waals surface area contributed by atoms with Gasteiger partial charge in [-0.1, -0.05) is 12.1 Å². The van der Waals surface area contributed by atoms with Crippen LogP contribution in [0.2, 0.25) is 0 Å². The largest absolute Gasteiger partial charge is 0.494 e. The average Bonchev–Trinajstić information content (AvgIpc) is 3.23. The first-order chi connectivity index (χ1) is 11.8. The Bertz CT molecular complexity index is 700. The zero-order valence-electron chi connectivity index (χ0n) is 15.2. The number of likely N-dealkylation sites (tertiary alicyclic amines) is 1. The van der Waals surface area contributed by atoms with Crippen LogP contribution in [-0.4, -0.2) is 48.0 Å². The van der Waals surface area contributed by atoms with E-state index in [0.717, 1.165) is 18.0 Å². The van der Waals surface area contributed by atoms with Crippen LogP contribution in [0.5, 0.6) is 5.75 Å². The third-order valence-electron chi connectivity index (χ3n) is 5.56. The van der Waals surface area contributed by atoms with E-state index >= 15 is 0 Å². The predicted molar refractivity (Wildman–Crippen MR) is 109 cm³/mol. The zero-order valence-corrected chi connectivity index (χ0v) is 16.8. The number of benzene rings is 1. The summed E-state index contributed by atoms with van der Waals surface area (Å²) in [5, 5.41) is 8.03. The number of para-hydroxylation sites is 2. The Morgan fingerprint density at radius 2 is 1.92 bits per heavy atom. The van der Waals surface area contributed by atoms with Gasteiger partial charge in [0.2, 0.25) is 0 Å². The second-order valence-corrected chi connectivity index (χ2v) is 7.18. The Hall–Kier alpha value is -1.27. The number of hydrogen-bond acceptors (Lipinski definition) is 4. The Balaban J connectivity index is 0.00000121. The SMILES string of the molecule is COc1ccccc1-n1cc(CN2CCC3(CCNCC3)C2)cn1.Cl.Cl. The molecule has 0 radical (unpaired) electrons. The highest BCUT2D eigenvalue weighted by molar-refractivity contribution is 5.85. The third-order valence-corrected chi connectivity index (χ3v) is 5.56. The van der Waals surface area contributed by atoms with Gasteiger partial charge in [-0.25, -0.2) is 4.68 Å². The third kappa shape index (κ3) is 4.34. The number of rotatable bonds is 4. The van der Waals surface area contributed by atoms with Gasteiger partial charge in [-0.05, 0) is 56.4 Å². The second kappa shape index (κ2) is 9.09. The molecule has 0 saturated carbocycles. The number of halogens is 2. The van der Waals surface area contributed by atoms with Crippen LogP contribution in [-0.2, 0) is 6.54 Å². The topological polar surface area (TPSA) is 42.3 Å². The van der Waals surface area contributed by atoms with Gasteiger partial charge in [-0.15, -0.1) is 24.8 Å². The smallest absolute Gasteiger partial charge is 0.144 e. The summed E-state index contributed by atoms with van der Waals surface area (Å²) in [6.45, 7) is 5.79. The van der Waals surface area contributed by atoms with Crippen LogP contribution in [0.4, 0.5) is 0 Å². The number of hydrogen-bond donors (Lipinski definition) is 1. The Morgan fingerprint density at radius 3 is 2.69 bits per heavy atom. The van der Waals surface area contributed by atoms with Gasteiger partial charge in [0.05, 0.1) is 13.3 Å². The lowest BCUT2D eigenvalue weighted by Gasteiger charge is -2.33. The molecule has 1 N–H and O–H groups in total. The van der Waals surface area contributed by atoms with Crippen LogP contribution < -0.4 is 10.1 Å². The molecule has 3 heterocycles. The summed E-state index contributed by atoms with van der Waals surface area (Å²) in [4.78, 5) is 2.59. The molecule has 2 fully saturated rings. The van der Waals surface area contributed by atoms with Gasteiger partial charge >= 0.3 is 0 Å². The van der Waals surface area contributed by atoms with E-state index in [1.807, 2.05) is 35.1 Å². The van der Waals surface area contributed by atoms with Crippen LogP contribution >= 0.6 is 24.8 Å². The Kier molecular flexibility index (Phi) is 7.35. The maximum atomic E-state index is 5.44. The molecule has 0 bridgehead atoms. The van der Waals surface area contributed by atoms with E-state index in [1.54, 1.807) is 7.11 Å². The zero-order chi connectivity index (χ0) is 16.4. The van der Waals surface area contributed by atoms with Crippen molar-refractivity contribution < 1.29 is 4.74 Å². The van der Waals surface area contributed by atoms with Crippen molar-refractivity contribution in [2.75, 3.05) is 33.3 Å². The quantitative estimate of drug-likeness (QED) is 0.857. The molecule has 0 atom stereocenters. The molecule has 2 saturated heterocycles. The molecular formula is C19H28Cl2N4O. The minimum Gasteiger partial charge on any atom is -0.494 e. The summed E-state index contributed by atoms with van der Waals surface area (Å²) < 4.78 is 7.36. The number of piperidine rings is 1. The fourth-order valence-electron chi connectivity index (χ4n) is 4.18. The van der Waals surface area contributed by atoms with Crippen molar-refractivity contribution in [3.8, 4) is 11.4 Å². The summed E-state index contributed by atoms with van der Waals surface area (Å²) in [6, 6.07) is 8.00. The van der Waals surface area contributed by atoms with Gasteiger partial charge in [0, 0.05) is 24.8 Å². The van der Waals surface area contributed by atoms with Gasteiger partial charge in [-0.3, -0.25) is 4.90 Å². The molecule has 7 heteroatoms. The van der Waals surface area contributed by atoms with Crippen molar-refractivity contribution >= 4 is 24.8 Å². The van der Waals surface area contributed by atoms with Gasteiger partial charge in [0.15, 0.2) is 0 Å². The monoisotopic (exact) mass is 398 g/mol. The molecule has 2 aliphatic heterocycles. The molecular weight excluding hydrogens is 371 g/mol. The first kappa shape index (κ1) is 21.0. The van der Waals surface area contributed by atoms with Crippen LogP contribution in [0.1, 0.15) is 24.8 Å². The lowest BCUT2D eigenvalue weighted by molar-refractivity contribution is 0.194. The molecule has 2 aromatic rings. The molecule has 1 spiro atoms. The number of nitrogens with one attached hydrogen (secondary N) is 1. The highest BCUT2D eigenvalue weighted by Crippen LogP contribution is 2.39. The normalized spacial score (nSPS) is 19.0. The molecule has 1 aromatic carbocycles. The van der Waals surface area contributed by atoms with E-state index in [9.17, 15) is 0 Å². The van der Waals surface area contributed by atoms with Gasteiger partial charge in [-0.2, -0.15) is 5.10 Å². The number of nitrogens with zero attached hydrogens (tertiary/aromatic N) is 3. The molecule has 4 rings (SSSR count). The molecule has 2 aliphatic rings. The van der Waals surface area contributed by atoms with E-state index in [2.05, 4.69) is 21.5 Å². The highest BCUT2D eigenvalue weighted by Gasteiger charge is 2.38. The van der Waals surface area contributed by atoms with Crippen molar-refractivity contribution in [3.63, 3.8) is 0 Å². The van der Waals surface area contributed by atoms with Crippen molar-refractivity contribution in [2.45, 2.75) is 25.8 Å². The summed E-state index contributed by atoms with van der Waals surface area (Å²) in [6.07, 6.45) is 8.11. The highest BCUT2D eigenvalue weighted by atomic mass is 35.5. The molecule has 0 amide bonds. The number of ether oxygens (including phenoxy) is 1. The first-order valence-corrected chi connectivity index (χ1v) is 8.88. The minimum atomic E-state index is 0. The number of aromatic nitrogens is 2. The van der Waals surface area contributed by atoms with E-state index in [0.29, 0.717) is 5.41 Å². The van der Waals surface area contributed by atoms with Crippen molar-refractivity contribution in [3.05, 3.63) is 42.2 Å². The second-order valence-electron chi connectivity index (χ2n) is 7.18. The van der Waals surface area contributed by atoms with Crippen LogP contribution in [0.15, 0.2) is 36.7 Å². The maximum Gasteiger partial charge on any atom is 0.144 e. The standard InChI is InChI=1S/C19H26N4O.2ClH/c1-24-18-5-3-2-4-17(18)23-14-16(12-21-23)13-22-11-8-19(15-22)6-9-20-10-7-19;;/h2-5,12,14,20H,6-11,13,15H2,1H3;2*1H. The van der Waals surface area contributed by atoms with Crippen LogP contribution in [0.3, 0.4) is 0 Å². The molecule has 5 nitrogen and oxygen atoms in total. The van der Waals surface area contributed by atoms with E-state index in [-0.39, 0.29) is 24.8 Å². The fraction of sp³-hybridized carbons (Fsp3) is 0.526. The van der Waals surface area contributed by atoms with Gasteiger partial charge in [0.1, 0.15) is 11.4 Å². The fourth-order valence-corrected chi connectivity index (χ4v) is 4.18. The van der Waals surface area contributed by atoms with E-state index in [1.165, 1.54) is 51.0 Å². The summed E-state index contributed by atoms with van der Waals surface area (Å²) in [5.41, 5.74) is 2.82. The maximum absolute atomic E-state index is 5.44. The van der Waals surface area contributed by atoms with Crippen molar-refractivity contribution in [1.29, 1.82) is 0 Å². The van der Waals surface area contributed by atoms with Crippen molar-refractivity contribution in [2.24, 2.45) is 5.41 Å². The van der Waals surface area contributed by atoms with Crippen molar-refractivity contribution in [1.82, 2.24) is 20.0 Å². The Morgan fingerprint density at radius 1 is 1.15 bits per heavy atom. The summed E-state index contributed by atoms with van der Waals surface area (Å²) in [7, 11) is 1.70. The first-order valence-electron chi connectivity index (χ1n) is 8.88. The molecule has 144 valence electrons. The molecule has 0 unspecified atom stereocenters. The molecule has 1 aromatic heterocycles. The number of methoxy groups -OCH3 is 1. The van der Waals surface area contributed by atoms with E-state index in [4.69, 9.17) is 4.74 Å². The summed E-state index contributed by atoms with van der Waals surface area (Å²) in [5.74, 6) is 0.849. The average molecular weight is 399 g/mol. The predicted octanol–water partition coefficient (Wildman–Crippen LogP) is 3.30. The van der Waals surface area contributed by atoms with Gasteiger partial charge < -0.3 is 10.1 Å². The van der Waals surface area contributed by atoms with E-state index < -0.39 is 0 Å². The van der Waals surface area contributed by atoms with Crippen LogP contribution in [0, 0.1) is 5.41 Å². The lowest BCUT2D eigenvalue weighted by atomic mass is 9.78. The summed E-state index contributed by atoms with van der Waals surface area (Å²) >= 11 is 0. The van der Waals surface area contributed by atoms with Gasteiger partial charge in [0.25, 0.3) is 0 Å². The molecule has 0 aliphatic carbocycles. The minimum absolute atomic E-state index is 0.